The molecule has 1 aromatic heterocycles. The lowest BCUT2D eigenvalue weighted by molar-refractivity contribution is 0.0844. The Bertz CT molecular complexity index is 1760. The lowest BCUT2D eigenvalue weighted by Gasteiger charge is -2.26. The fraction of sp³-hybridized carbons (Fsp3) is 0.0667. The average molecular weight is 526 g/mol. The van der Waals surface area contributed by atoms with Gasteiger partial charge in [0.05, 0.1) is 11.8 Å². The number of carbonyl (C=O) groups excluding carboxylic acids is 1. The molecule has 0 saturated carbocycles. The van der Waals surface area contributed by atoms with Gasteiger partial charge in [0.2, 0.25) is 11.2 Å². The maximum Gasteiger partial charge on any atom is 0.235 e. The van der Waals surface area contributed by atoms with Crippen molar-refractivity contribution < 1.29 is 39.5 Å². The summed E-state index contributed by atoms with van der Waals surface area (Å²) in [5, 5.41) is 48.3. The molecule has 1 aliphatic heterocycles. The van der Waals surface area contributed by atoms with Crippen LogP contribution in [0.5, 0.6) is 34.5 Å². The van der Waals surface area contributed by atoms with Gasteiger partial charge in [0, 0.05) is 17.7 Å². The molecule has 0 saturated heterocycles. The van der Waals surface area contributed by atoms with Crippen molar-refractivity contribution in [2.45, 2.75) is 12.5 Å². The minimum atomic E-state index is -0.669. The van der Waals surface area contributed by atoms with Crippen LogP contribution < -0.4 is 10.2 Å². The number of phenols is 4. The molecule has 0 radical (unpaired) electrons. The Morgan fingerprint density at radius 2 is 1.44 bits per heavy atom. The first-order chi connectivity index (χ1) is 18.7. The molecule has 39 heavy (non-hydrogen) atoms. The molecule has 0 amide bonds. The van der Waals surface area contributed by atoms with Crippen molar-refractivity contribution in [2.24, 2.45) is 0 Å². The maximum atomic E-state index is 12.1. The number of aromatic hydroxyl groups is 5. The summed E-state index contributed by atoms with van der Waals surface area (Å²) >= 11 is 0. The first kappa shape index (κ1) is 25.2. The number of carbonyl (C=O) groups is 1. The Balaban J connectivity index is 0.000000160. The minimum Gasteiger partial charge on any atom is -0.508 e. The van der Waals surface area contributed by atoms with Gasteiger partial charge in [-0.1, -0.05) is 48.5 Å². The Hall–Kier alpha value is -5.44. The van der Waals surface area contributed by atoms with E-state index in [4.69, 9.17) is 9.15 Å². The molecule has 0 unspecified atom stereocenters. The zero-order valence-corrected chi connectivity index (χ0v) is 20.2. The van der Waals surface area contributed by atoms with Gasteiger partial charge in [-0.3, -0.25) is 9.59 Å². The molecular weight excluding hydrogens is 504 g/mol. The summed E-state index contributed by atoms with van der Waals surface area (Å²) < 4.78 is 11.2. The number of Topliss-reactive ketones (excluding diaryl/α,β-unsaturated/α-hetero) is 1. The Kier molecular flexibility index (Phi) is 6.56. The van der Waals surface area contributed by atoms with E-state index < -0.39 is 11.5 Å². The summed E-state index contributed by atoms with van der Waals surface area (Å²) in [6, 6.07) is 22.4. The Morgan fingerprint density at radius 1 is 0.718 bits per heavy atom. The zero-order valence-electron chi connectivity index (χ0n) is 20.2. The Labute approximate surface area is 221 Å². The van der Waals surface area contributed by atoms with Gasteiger partial charge in [0.15, 0.2) is 23.0 Å². The molecule has 9 heteroatoms. The second-order valence-corrected chi connectivity index (χ2v) is 8.79. The highest BCUT2D eigenvalue weighted by Crippen LogP contribution is 2.42. The number of para-hydroxylation sites is 1. The van der Waals surface area contributed by atoms with Crippen LogP contribution in [-0.2, 0) is 0 Å². The number of ether oxygens (including phenoxy) is 1. The van der Waals surface area contributed by atoms with E-state index in [2.05, 4.69) is 0 Å². The summed E-state index contributed by atoms with van der Waals surface area (Å²) in [7, 11) is 0. The third-order valence-electron chi connectivity index (χ3n) is 6.17. The predicted octanol–water partition coefficient (Wildman–Crippen LogP) is 5.38. The summed E-state index contributed by atoms with van der Waals surface area (Å²) in [5.41, 5.74) is 1.28. The molecule has 0 fully saturated rings. The van der Waals surface area contributed by atoms with Crippen LogP contribution in [0, 0.1) is 0 Å². The summed E-state index contributed by atoms with van der Waals surface area (Å²) in [6.45, 7) is 0. The highest BCUT2D eigenvalue weighted by atomic mass is 16.5. The molecule has 0 bridgehead atoms. The van der Waals surface area contributed by atoms with Crippen LogP contribution in [0.1, 0.15) is 28.4 Å². The van der Waals surface area contributed by atoms with Crippen molar-refractivity contribution in [1.29, 1.82) is 0 Å². The molecule has 0 spiro atoms. The van der Waals surface area contributed by atoms with Crippen molar-refractivity contribution in [3.05, 3.63) is 106 Å². The van der Waals surface area contributed by atoms with Crippen molar-refractivity contribution in [3.63, 3.8) is 0 Å². The summed E-state index contributed by atoms with van der Waals surface area (Å²) in [4.78, 5) is 24.1. The molecule has 1 atom stereocenters. The van der Waals surface area contributed by atoms with E-state index in [1.54, 1.807) is 36.4 Å². The van der Waals surface area contributed by atoms with Gasteiger partial charge >= 0.3 is 0 Å². The third-order valence-corrected chi connectivity index (χ3v) is 6.17. The predicted molar refractivity (Wildman–Crippen MR) is 141 cm³/mol. The van der Waals surface area contributed by atoms with Gasteiger partial charge in [-0.05, 0) is 29.8 Å². The van der Waals surface area contributed by atoms with E-state index >= 15 is 0 Å². The SMILES string of the molecule is O=C1C[C@@H](c2ccc(O)c(O)c2)Oc2cc(O)cc(O)c21.O=c1c(O)c(-c2ccccc2)oc2ccccc12. The van der Waals surface area contributed by atoms with Crippen LogP contribution in [-0.4, -0.2) is 31.3 Å². The lowest BCUT2D eigenvalue weighted by Crippen LogP contribution is -2.20. The van der Waals surface area contributed by atoms with Gasteiger partial charge < -0.3 is 34.7 Å². The lowest BCUT2D eigenvalue weighted by atomic mass is 9.95. The van der Waals surface area contributed by atoms with E-state index in [1.807, 2.05) is 18.2 Å². The van der Waals surface area contributed by atoms with E-state index in [0.29, 0.717) is 22.1 Å². The Morgan fingerprint density at radius 3 is 2.18 bits per heavy atom. The second kappa shape index (κ2) is 10.1. The smallest absolute Gasteiger partial charge is 0.235 e. The van der Waals surface area contributed by atoms with E-state index in [9.17, 15) is 35.1 Å². The fourth-order valence-corrected chi connectivity index (χ4v) is 4.27. The quantitative estimate of drug-likeness (QED) is 0.190. The number of fused-ring (bicyclic) bond motifs is 2. The van der Waals surface area contributed by atoms with Crippen LogP contribution in [0.15, 0.2) is 94.1 Å². The molecule has 0 aliphatic carbocycles. The first-order valence-corrected chi connectivity index (χ1v) is 11.8. The van der Waals surface area contributed by atoms with E-state index in [0.717, 1.165) is 6.07 Å². The molecule has 5 N–H and O–H groups in total. The van der Waals surface area contributed by atoms with Gasteiger partial charge in [-0.2, -0.15) is 0 Å². The third kappa shape index (κ3) is 4.93. The normalized spacial score (nSPS) is 14.2. The van der Waals surface area contributed by atoms with Crippen LogP contribution in [0.3, 0.4) is 0 Å². The summed E-state index contributed by atoms with van der Waals surface area (Å²) in [6.07, 6.45) is -0.687. The highest BCUT2D eigenvalue weighted by molar-refractivity contribution is 6.02. The van der Waals surface area contributed by atoms with Crippen LogP contribution in [0.4, 0.5) is 0 Å². The standard InChI is InChI=1S/C15H12O6.C15H10O3/c16-8-4-11(19)15-12(20)6-13(21-14(15)5-8)7-1-2-9(17)10(18)3-7;16-13-11-8-4-5-9-12(11)18-15(14(13)17)10-6-2-1-3-7-10/h1-5,13,16-19H,6H2;1-9,17H/t13-;/m0./s1. The van der Waals surface area contributed by atoms with Gasteiger partial charge in [-0.25, -0.2) is 0 Å². The molecule has 1 aliphatic rings. The molecule has 4 aromatic carbocycles. The van der Waals surface area contributed by atoms with Crippen molar-refractivity contribution in [3.8, 4) is 45.8 Å². The van der Waals surface area contributed by atoms with Crippen molar-refractivity contribution >= 4 is 16.8 Å². The molecule has 5 aromatic rings. The molecule has 9 nitrogen and oxygen atoms in total. The van der Waals surface area contributed by atoms with E-state index in [-0.39, 0.29) is 58.0 Å². The molecular formula is C30H22O9. The molecule has 196 valence electrons. The van der Waals surface area contributed by atoms with Gasteiger partial charge in [0.25, 0.3) is 0 Å². The largest absolute Gasteiger partial charge is 0.508 e. The molecule has 6 rings (SSSR count). The monoisotopic (exact) mass is 526 g/mol. The van der Waals surface area contributed by atoms with Crippen LogP contribution in [0.2, 0.25) is 0 Å². The number of hydrogen-bond donors (Lipinski definition) is 5. The van der Waals surface area contributed by atoms with Crippen molar-refractivity contribution in [1.82, 2.24) is 0 Å². The van der Waals surface area contributed by atoms with Crippen LogP contribution >= 0.6 is 0 Å². The number of rotatable bonds is 2. The average Bonchev–Trinajstić information content (AvgIpc) is 2.92. The van der Waals surface area contributed by atoms with E-state index in [1.165, 1.54) is 24.3 Å². The zero-order chi connectivity index (χ0) is 27.7. The number of benzene rings is 4. The van der Waals surface area contributed by atoms with Gasteiger partial charge in [-0.15, -0.1) is 0 Å². The minimum absolute atomic E-state index is 0.0183. The topological polar surface area (TPSA) is 158 Å². The summed E-state index contributed by atoms with van der Waals surface area (Å²) in [5.74, 6) is -1.51. The number of hydrogen-bond acceptors (Lipinski definition) is 9. The van der Waals surface area contributed by atoms with Gasteiger partial charge in [0.1, 0.15) is 34.5 Å². The number of phenolic OH excluding ortho intramolecular Hbond substituents is 4. The highest BCUT2D eigenvalue weighted by Gasteiger charge is 2.31. The number of ketones is 1. The molecule has 2 heterocycles. The van der Waals surface area contributed by atoms with Crippen LogP contribution in [0.25, 0.3) is 22.3 Å². The second-order valence-electron chi connectivity index (χ2n) is 8.79. The fourth-order valence-electron chi connectivity index (χ4n) is 4.27. The maximum absolute atomic E-state index is 12.1. The first-order valence-electron chi connectivity index (χ1n) is 11.8. The van der Waals surface area contributed by atoms with Crippen molar-refractivity contribution in [2.75, 3.05) is 0 Å².